The van der Waals surface area contributed by atoms with Crippen molar-refractivity contribution in [2.75, 3.05) is 23.4 Å². The predicted octanol–water partition coefficient (Wildman–Crippen LogP) is 1.92. The molecular formula is C17H20N4O4S. The zero-order valence-corrected chi connectivity index (χ0v) is 15.3. The number of amides is 1. The summed E-state index contributed by atoms with van der Waals surface area (Å²) in [7, 11) is -2.04. The summed E-state index contributed by atoms with van der Waals surface area (Å²) in [6, 6.07) is 3.32. The van der Waals surface area contributed by atoms with E-state index < -0.39 is 10.0 Å². The van der Waals surface area contributed by atoms with Crippen LogP contribution in [0.2, 0.25) is 0 Å². The van der Waals surface area contributed by atoms with Crippen molar-refractivity contribution in [2.24, 2.45) is 0 Å². The molecule has 138 valence electrons. The lowest BCUT2D eigenvalue weighted by Gasteiger charge is -2.26. The van der Waals surface area contributed by atoms with Gasteiger partial charge in [0.05, 0.1) is 31.8 Å². The quantitative estimate of drug-likeness (QED) is 0.750. The monoisotopic (exact) mass is 376 g/mol. The minimum absolute atomic E-state index is 0.121. The van der Waals surface area contributed by atoms with Crippen molar-refractivity contribution in [3.8, 4) is 5.75 Å². The first kappa shape index (κ1) is 18.0. The van der Waals surface area contributed by atoms with Gasteiger partial charge in [-0.2, -0.15) is 5.10 Å². The number of carbonyl (C=O) groups excluding carboxylic acids is 1. The fourth-order valence-electron chi connectivity index (χ4n) is 3.03. The number of benzene rings is 1. The van der Waals surface area contributed by atoms with Gasteiger partial charge in [0.25, 0.3) is 0 Å². The van der Waals surface area contributed by atoms with Gasteiger partial charge in [-0.05, 0) is 17.2 Å². The summed E-state index contributed by atoms with van der Waals surface area (Å²) in [4.78, 5) is 12.1. The number of nitrogens with zero attached hydrogens (tertiary/aromatic N) is 2. The fraction of sp³-hybridized carbons (Fsp3) is 0.294. The van der Waals surface area contributed by atoms with Crippen molar-refractivity contribution in [2.45, 2.75) is 18.9 Å². The molecule has 0 bridgehead atoms. The van der Waals surface area contributed by atoms with Gasteiger partial charge in [-0.3, -0.25) is 14.2 Å². The van der Waals surface area contributed by atoms with Gasteiger partial charge in [-0.25, -0.2) is 8.42 Å². The maximum Gasteiger partial charge on any atom is 0.229 e. The molecule has 2 N–H and O–H groups in total. The minimum Gasteiger partial charge on any atom is -0.494 e. The van der Waals surface area contributed by atoms with Crippen LogP contribution in [0.5, 0.6) is 5.75 Å². The van der Waals surface area contributed by atoms with E-state index in [4.69, 9.17) is 4.74 Å². The van der Waals surface area contributed by atoms with Crippen LogP contribution in [0, 0.1) is 0 Å². The number of methoxy groups -OCH3 is 1. The molecule has 1 aromatic carbocycles. The molecule has 9 heteroatoms. The summed E-state index contributed by atoms with van der Waals surface area (Å²) in [6.45, 7) is 4.25. The third-order valence-electron chi connectivity index (χ3n) is 4.08. The molecule has 2 heterocycles. The Bertz CT molecular complexity index is 965. The number of hydrogen-bond acceptors (Lipinski definition) is 5. The minimum atomic E-state index is -3.48. The predicted molar refractivity (Wildman–Crippen MR) is 99.0 cm³/mol. The van der Waals surface area contributed by atoms with Crippen LogP contribution in [0.25, 0.3) is 0 Å². The standard InChI is InChI=1S/C17H20N4O4S/c1-4-5-21-10-11(9-18-21)12-7-17(22)19-14-8-16(25-2)15(6-13(12)14)20-26(3,23)24/h4,6,8-10,12,20H,1,5,7H2,2-3H3,(H,19,22). The van der Waals surface area contributed by atoms with E-state index >= 15 is 0 Å². The first-order chi connectivity index (χ1) is 12.3. The Balaban J connectivity index is 2.09. The Morgan fingerprint density at radius 3 is 2.92 bits per heavy atom. The number of rotatable bonds is 6. The molecule has 1 unspecified atom stereocenters. The molecule has 3 rings (SSSR count). The fourth-order valence-corrected chi connectivity index (χ4v) is 3.59. The number of carbonyl (C=O) groups is 1. The van der Waals surface area contributed by atoms with Crippen molar-refractivity contribution < 1.29 is 17.9 Å². The lowest BCUT2D eigenvalue weighted by molar-refractivity contribution is -0.116. The van der Waals surface area contributed by atoms with E-state index in [-0.39, 0.29) is 18.2 Å². The van der Waals surface area contributed by atoms with E-state index in [1.54, 1.807) is 29.1 Å². The van der Waals surface area contributed by atoms with Gasteiger partial charge in [0.1, 0.15) is 5.75 Å². The van der Waals surface area contributed by atoms with Crippen LogP contribution in [0.15, 0.2) is 37.2 Å². The lowest BCUT2D eigenvalue weighted by Crippen LogP contribution is -2.24. The maximum absolute atomic E-state index is 12.1. The van der Waals surface area contributed by atoms with Gasteiger partial charge in [-0.15, -0.1) is 6.58 Å². The molecule has 1 amide bonds. The summed E-state index contributed by atoms with van der Waals surface area (Å²) in [5, 5.41) is 7.09. The zero-order chi connectivity index (χ0) is 18.9. The van der Waals surface area contributed by atoms with E-state index in [1.165, 1.54) is 7.11 Å². The van der Waals surface area contributed by atoms with Gasteiger partial charge in [-0.1, -0.05) is 6.08 Å². The number of anilines is 2. The highest BCUT2D eigenvalue weighted by molar-refractivity contribution is 7.92. The van der Waals surface area contributed by atoms with Crippen LogP contribution in [0.1, 0.15) is 23.5 Å². The largest absolute Gasteiger partial charge is 0.494 e. The van der Waals surface area contributed by atoms with E-state index in [9.17, 15) is 13.2 Å². The molecule has 2 aromatic rings. The van der Waals surface area contributed by atoms with Gasteiger partial charge >= 0.3 is 0 Å². The average molecular weight is 376 g/mol. The molecule has 0 saturated heterocycles. The zero-order valence-electron chi connectivity index (χ0n) is 14.5. The highest BCUT2D eigenvalue weighted by Crippen LogP contribution is 2.42. The molecule has 0 saturated carbocycles. The third kappa shape index (κ3) is 3.72. The molecule has 26 heavy (non-hydrogen) atoms. The van der Waals surface area contributed by atoms with Crippen molar-refractivity contribution in [3.63, 3.8) is 0 Å². The molecule has 8 nitrogen and oxygen atoms in total. The second-order valence-corrected chi connectivity index (χ2v) is 7.85. The molecule has 1 atom stereocenters. The highest BCUT2D eigenvalue weighted by atomic mass is 32.2. The maximum atomic E-state index is 12.1. The Morgan fingerprint density at radius 2 is 2.27 bits per heavy atom. The smallest absolute Gasteiger partial charge is 0.229 e. The van der Waals surface area contributed by atoms with Crippen LogP contribution < -0.4 is 14.8 Å². The number of fused-ring (bicyclic) bond motifs is 1. The van der Waals surface area contributed by atoms with Crippen LogP contribution in [0.3, 0.4) is 0 Å². The molecule has 1 aliphatic heterocycles. The van der Waals surface area contributed by atoms with E-state index in [0.717, 1.165) is 17.4 Å². The summed E-state index contributed by atoms with van der Waals surface area (Å²) in [5.41, 5.74) is 2.60. The summed E-state index contributed by atoms with van der Waals surface area (Å²) < 4.78 is 32.8. The normalized spacial score (nSPS) is 16.5. The second kappa shape index (κ2) is 6.83. The number of hydrogen-bond donors (Lipinski definition) is 2. The summed E-state index contributed by atoms with van der Waals surface area (Å²) in [6.07, 6.45) is 6.63. The van der Waals surface area contributed by atoms with E-state index in [0.29, 0.717) is 23.7 Å². The summed E-state index contributed by atoms with van der Waals surface area (Å²) in [5.74, 6) is -0.0225. The van der Waals surface area contributed by atoms with Gasteiger partial charge in [0.2, 0.25) is 15.9 Å². The van der Waals surface area contributed by atoms with Crippen LogP contribution >= 0.6 is 0 Å². The molecule has 0 spiro atoms. The summed E-state index contributed by atoms with van der Waals surface area (Å²) >= 11 is 0. The number of allylic oxidation sites excluding steroid dienone is 1. The second-order valence-electron chi connectivity index (χ2n) is 6.10. The van der Waals surface area contributed by atoms with E-state index in [2.05, 4.69) is 21.7 Å². The van der Waals surface area contributed by atoms with Crippen molar-refractivity contribution in [3.05, 3.63) is 48.3 Å². The molecule has 0 fully saturated rings. The van der Waals surface area contributed by atoms with Crippen molar-refractivity contribution >= 4 is 27.3 Å². The number of ether oxygens (including phenoxy) is 1. The molecule has 0 radical (unpaired) electrons. The first-order valence-electron chi connectivity index (χ1n) is 7.93. The Kier molecular flexibility index (Phi) is 4.73. The van der Waals surface area contributed by atoms with Gasteiger partial charge in [0, 0.05) is 30.3 Å². The molecule has 1 aromatic heterocycles. The van der Waals surface area contributed by atoms with Crippen LogP contribution in [0.4, 0.5) is 11.4 Å². The van der Waals surface area contributed by atoms with Crippen molar-refractivity contribution in [1.82, 2.24) is 9.78 Å². The number of nitrogens with one attached hydrogen (secondary N) is 2. The van der Waals surface area contributed by atoms with Gasteiger partial charge in [0.15, 0.2) is 0 Å². The average Bonchev–Trinajstić information content (AvgIpc) is 3.01. The topological polar surface area (TPSA) is 102 Å². The van der Waals surface area contributed by atoms with Gasteiger partial charge < -0.3 is 10.1 Å². The van der Waals surface area contributed by atoms with Crippen LogP contribution in [-0.2, 0) is 21.4 Å². The third-order valence-corrected chi connectivity index (χ3v) is 4.67. The highest BCUT2D eigenvalue weighted by Gasteiger charge is 2.29. The Hall–Kier alpha value is -2.81. The Morgan fingerprint density at radius 1 is 1.50 bits per heavy atom. The van der Waals surface area contributed by atoms with Crippen LogP contribution in [-0.4, -0.2) is 37.5 Å². The number of sulfonamides is 1. The SMILES string of the molecule is C=CCn1cc(C2CC(=O)Nc3cc(OC)c(NS(C)(=O)=O)cc32)cn1. The molecular weight excluding hydrogens is 356 g/mol. The number of aromatic nitrogens is 2. The first-order valence-corrected chi connectivity index (χ1v) is 9.82. The van der Waals surface area contributed by atoms with E-state index in [1.807, 2.05) is 6.20 Å². The lowest BCUT2D eigenvalue weighted by atomic mass is 9.86. The Labute approximate surface area is 151 Å². The molecule has 1 aliphatic rings. The van der Waals surface area contributed by atoms with Crippen molar-refractivity contribution in [1.29, 1.82) is 0 Å². The molecule has 0 aliphatic carbocycles.